The van der Waals surface area contributed by atoms with Gasteiger partial charge >= 0.3 is 0 Å². The van der Waals surface area contributed by atoms with Gasteiger partial charge in [-0.1, -0.05) is 6.07 Å². The van der Waals surface area contributed by atoms with Gasteiger partial charge in [0.2, 0.25) is 5.91 Å². The zero-order valence-corrected chi connectivity index (χ0v) is 12.1. The van der Waals surface area contributed by atoms with E-state index in [0.29, 0.717) is 24.3 Å². The van der Waals surface area contributed by atoms with Crippen molar-refractivity contribution >= 4 is 17.5 Å². The lowest BCUT2D eigenvalue weighted by Crippen LogP contribution is -2.40. The molecule has 1 aromatic rings. The van der Waals surface area contributed by atoms with Crippen molar-refractivity contribution < 1.29 is 14.3 Å². The molecule has 2 amide bonds. The van der Waals surface area contributed by atoms with Gasteiger partial charge in [-0.25, -0.2) is 0 Å². The molecule has 0 bridgehead atoms. The summed E-state index contributed by atoms with van der Waals surface area (Å²) >= 11 is 0. The Bertz CT molecular complexity index is 532. The summed E-state index contributed by atoms with van der Waals surface area (Å²) in [4.78, 5) is 23.0. The highest BCUT2D eigenvalue weighted by molar-refractivity contribution is 5.95. The number of hydrogen-bond acceptors (Lipinski definition) is 3. The molecule has 1 aromatic carbocycles. The molecule has 0 radical (unpaired) electrons. The van der Waals surface area contributed by atoms with Crippen molar-refractivity contribution in [3.8, 4) is 5.75 Å². The smallest absolute Gasteiger partial charge is 0.262 e. The molecule has 0 aromatic heterocycles. The second kappa shape index (κ2) is 5.53. The third kappa shape index (κ3) is 3.98. The molecule has 108 valence electrons. The number of amides is 2. The summed E-state index contributed by atoms with van der Waals surface area (Å²) in [6.45, 7) is 5.92. The van der Waals surface area contributed by atoms with Gasteiger partial charge < -0.3 is 15.4 Å². The van der Waals surface area contributed by atoms with Crippen LogP contribution in [0.3, 0.4) is 0 Å². The molecule has 0 spiro atoms. The van der Waals surface area contributed by atoms with Gasteiger partial charge in [-0.2, -0.15) is 0 Å². The van der Waals surface area contributed by atoms with E-state index in [0.717, 1.165) is 5.56 Å². The number of benzene rings is 1. The second-order valence-corrected chi connectivity index (χ2v) is 5.97. The number of rotatable bonds is 3. The molecule has 5 heteroatoms. The molecule has 0 fully saturated rings. The van der Waals surface area contributed by atoms with E-state index in [4.69, 9.17) is 4.74 Å². The predicted octanol–water partition coefficient (Wildman–Crippen LogP) is 1.86. The Hall–Kier alpha value is -2.04. The van der Waals surface area contributed by atoms with E-state index >= 15 is 0 Å². The monoisotopic (exact) mass is 276 g/mol. The molecule has 0 atom stereocenters. The first-order valence-electron chi connectivity index (χ1n) is 6.70. The average molecular weight is 276 g/mol. The minimum atomic E-state index is -0.214. The summed E-state index contributed by atoms with van der Waals surface area (Å²) in [6.07, 6.45) is 1.05. The van der Waals surface area contributed by atoms with E-state index < -0.39 is 0 Å². The maximum Gasteiger partial charge on any atom is 0.262 e. The zero-order chi connectivity index (χ0) is 14.8. The van der Waals surface area contributed by atoms with Crippen LogP contribution in [0.4, 0.5) is 5.69 Å². The van der Waals surface area contributed by atoms with Crippen molar-refractivity contribution in [1.82, 2.24) is 5.32 Å². The quantitative estimate of drug-likeness (QED) is 0.885. The second-order valence-electron chi connectivity index (χ2n) is 5.97. The Labute approximate surface area is 118 Å². The molecule has 0 saturated heterocycles. The summed E-state index contributed by atoms with van der Waals surface area (Å²) in [5.74, 6) is 0.545. The maximum atomic E-state index is 11.8. The average Bonchev–Trinajstić information content (AvgIpc) is 2.33. The Kier molecular flexibility index (Phi) is 3.97. The minimum Gasteiger partial charge on any atom is -0.482 e. The predicted molar refractivity (Wildman–Crippen MR) is 76.8 cm³/mol. The largest absolute Gasteiger partial charge is 0.482 e. The van der Waals surface area contributed by atoms with Crippen molar-refractivity contribution in [3.05, 3.63) is 23.8 Å². The lowest BCUT2D eigenvalue weighted by Gasteiger charge is -2.21. The Morgan fingerprint density at radius 1 is 1.40 bits per heavy atom. The fourth-order valence-electron chi connectivity index (χ4n) is 2.02. The molecule has 2 rings (SSSR count). The van der Waals surface area contributed by atoms with E-state index in [1.807, 2.05) is 39.0 Å². The highest BCUT2D eigenvalue weighted by Crippen LogP contribution is 2.28. The Balaban J connectivity index is 1.96. The zero-order valence-electron chi connectivity index (χ0n) is 12.1. The molecule has 5 nitrogen and oxygen atoms in total. The first kappa shape index (κ1) is 14.4. The number of anilines is 1. The third-order valence-corrected chi connectivity index (χ3v) is 2.83. The highest BCUT2D eigenvalue weighted by atomic mass is 16.5. The fraction of sp³-hybridized carbons (Fsp3) is 0.467. The van der Waals surface area contributed by atoms with Crippen LogP contribution in [0.15, 0.2) is 18.2 Å². The normalized spacial score (nSPS) is 14.1. The van der Waals surface area contributed by atoms with E-state index in [1.165, 1.54) is 0 Å². The summed E-state index contributed by atoms with van der Waals surface area (Å²) in [6, 6.07) is 5.60. The molecule has 2 N–H and O–H groups in total. The SMILES string of the molecule is CC(C)(C)NC(=O)CCc1ccc2c(c1)NC(=O)CO2. The van der Waals surface area contributed by atoms with Crippen LogP contribution in [0.25, 0.3) is 0 Å². The van der Waals surface area contributed by atoms with Crippen LogP contribution in [-0.2, 0) is 16.0 Å². The Morgan fingerprint density at radius 3 is 2.85 bits per heavy atom. The topological polar surface area (TPSA) is 67.4 Å². The third-order valence-electron chi connectivity index (χ3n) is 2.83. The summed E-state index contributed by atoms with van der Waals surface area (Å²) in [7, 11) is 0. The van der Waals surface area contributed by atoms with Crippen LogP contribution >= 0.6 is 0 Å². The van der Waals surface area contributed by atoms with Crippen molar-refractivity contribution in [2.24, 2.45) is 0 Å². The molecule has 1 aliphatic heterocycles. The number of carbonyl (C=O) groups excluding carboxylic acids is 2. The minimum absolute atomic E-state index is 0.0236. The van der Waals surface area contributed by atoms with Gasteiger partial charge in [0.1, 0.15) is 5.75 Å². The van der Waals surface area contributed by atoms with Crippen LogP contribution in [0.2, 0.25) is 0 Å². The van der Waals surface area contributed by atoms with Crippen molar-refractivity contribution in [3.63, 3.8) is 0 Å². The summed E-state index contributed by atoms with van der Waals surface area (Å²) in [5, 5.41) is 5.69. The van der Waals surface area contributed by atoms with Gasteiger partial charge in [0.05, 0.1) is 5.69 Å². The van der Waals surface area contributed by atoms with Crippen LogP contribution in [0.1, 0.15) is 32.8 Å². The number of hydrogen-bond donors (Lipinski definition) is 2. The number of aryl methyl sites for hydroxylation is 1. The highest BCUT2D eigenvalue weighted by Gasteiger charge is 2.17. The molecular formula is C15H20N2O3. The van der Waals surface area contributed by atoms with E-state index in [2.05, 4.69) is 10.6 Å². The molecule has 0 aliphatic carbocycles. The van der Waals surface area contributed by atoms with Gasteiger partial charge in [0, 0.05) is 12.0 Å². The van der Waals surface area contributed by atoms with Crippen LogP contribution < -0.4 is 15.4 Å². The van der Waals surface area contributed by atoms with E-state index in [1.54, 1.807) is 0 Å². The van der Waals surface area contributed by atoms with E-state index in [9.17, 15) is 9.59 Å². The number of carbonyl (C=O) groups is 2. The van der Waals surface area contributed by atoms with Crippen LogP contribution in [0, 0.1) is 0 Å². The van der Waals surface area contributed by atoms with Gasteiger partial charge in [-0.05, 0) is 44.9 Å². The van der Waals surface area contributed by atoms with Gasteiger partial charge in [-0.3, -0.25) is 9.59 Å². The molecular weight excluding hydrogens is 256 g/mol. The lowest BCUT2D eigenvalue weighted by atomic mass is 10.1. The first-order valence-corrected chi connectivity index (χ1v) is 6.70. The fourth-order valence-corrected chi connectivity index (χ4v) is 2.02. The van der Waals surface area contributed by atoms with Crippen molar-refractivity contribution in [2.75, 3.05) is 11.9 Å². The van der Waals surface area contributed by atoms with E-state index in [-0.39, 0.29) is 24.0 Å². The van der Waals surface area contributed by atoms with Gasteiger partial charge in [0.25, 0.3) is 5.91 Å². The lowest BCUT2D eigenvalue weighted by molar-refractivity contribution is -0.122. The number of fused-ring (bicyclic) bond motifs is 1. The standard InChI is InChI=1S/C15H20N2O3/c1-15(2,3)17-13(18)7-5-10-4-6-12-11(8-10)16-14(19)9-20-12/h4,6,8H,5,7,9H2,1-3H3,(H,16,19)(H,17,18). The molecule has 1 aliphatic rings. The maximum absolute atomic E-state index is 11.8. The number of nitrogens with one attached hydrogen (secondary N) is 2. The molecule has 0 saturated carbocycles. The first-order chi connectivity index (χ1) is 9.33. The van der Waals surface area contributed by atoms with Gasteiger partial charge in [-0.15, -0.1) is 0 Å². The van der Waals surface area contributed by atoms with Crippen LogP contribution in [-0.4, -0.2) is 24.0 Å². The molecule has 0 unspecified atom stereocenters. The van der Waals surface area contributed by atoms with Crippen molar-refractivity contribution in [1.29, 1.82) is 0 Å². The Morgan fingerprint density at radius 2 is 2.15 bits per heavy atom. The van der Waals surface area contributed by atoms with Gasteiger partial charge in [0.15, 0.2) is 6.61 Å². The molecule has 1 heterocycles. The molecule has 20 heavy (non-hydrogen) atoms. The van der Waals surface area contributed by atoms with Crippen molar-refractivity contribution in [2.45, 2.75) is 39.2 Å². The summed E-state index contributed by atoms with van der Waals surface area (Å²) < 4.78 is 5.29. The van der Waals surface area contributed by atoms with Crippen LogP contribution in [0.5, 0.6) is 5.75 Å². The summed E-state index contributed by atoms with van der Waals surface area (Å²) in [5.41, 5.74) is 1.46. The number of ether oxygens (including phenoxy) is 1.